The van der Waals surface area contributed by atoms with Crippen LogP contribution in [0.3, 0.4) is 0 Å². The first-order valence-electron chi connectivity index (χ1n) is 11.6. The summed E-state index contributed by atoms with van der Waals surface area (Å²) in [5.74, 6) is -0.436. The van der Waals surface area contributed by atoms with Crippen molar-refractivity contribution < 1.29 is 18.7 Å². The SMILES string of the molecule is [C-]#[N+]c1ccc2nc([C@@]3(Cc4ccc(F)cc4)OC(=O)N([C@H](C)C4CCCCC4)C3=O)[nH]c2c1. The molecule has 2 amide bonds. The van der Waals surface area contributed by atoms with Gasteiger partial charge < -0.3 is 9.72 Å². The van der Waals surface area contributed by atoms with Crippen LogP contribution in [0.15, 0.2) is 42.5 Å². The third kappa shape index (κ3) is 3.71. The molecule has 2 heterocycles. The van der Waals surface area contributed by atoms with Gasteiger partial charge in [0.2, 0.25) is 0 Å². The van der Waals surface area contributed by atoms with Crippen molar-refractivity contribution in [3.63, 3.8) is 0 Å². The first kappa shape index (κ1) is 22.1. The molecule has 2 atom stereocenters. The third-order valence-corrected chi connectivity index (χ3v) is 7.11. The van der Waals surface area contributed by atoms with Gasteiger partial charge in [-0.1, -0.05) is 37.5 Å². The molecule has 0 unspecified atom stereocenters. The average Bonchev–Trinajstić information content (AvgIpc) is 3.39. The Balaban J connectivity index is 1.58. The monoisotopic (exact) mass is 460 g/mol. The van der Waals surface area contributed by atoms with Gasteiger partial charge in [0.1, 0.15) is 5.82 Å². The Bertz CT molecular complexity index is 1290. The number of hydrogen-bond donors (Lipinski definition) is 1. The lowest BCUT2D eigenvalue weighted by atomic mass is 9.83. The molecule has 1 aromatic heterocycles. The minimum Gasteiger partial charge on any atom is -0.424 e. The van der Waals surface area contributed by atoms with Gasteiger partial charge in [-0.2, -0.15) is 0 Å². The number of halogens is 1. The number of imidazole rings is 1. The molecule has 5 rings (SSSR count). The zero-order valence-electron chi connectivity index (χ0n) is 18.9. The van der Waals surface area contributed by atoms with Crippen LogP contribution in [-0.4, -0.2) is 32.9 Å². The Labute approximate surface area is 196 Å². The normalized spacial score (nSPS) is 22.1. The van der Waals surface area contributed by atoms with Crippen molar-refractivity contribution >= 4 is 28.7 Å². The van der Waals surface area contributed by atoms with Gasteiger partial charge in [0, 0.05) is 12.5 Å². The average molecular weight is 461 g/mol. The molecule has 1 saturated carbocycles. The van der Waals surface area contributed by atoms with Crippen molar-refractivity contribution in [3.8, 4) is 0 Å². The second-order valence-corrected chi connectivity index (χ2v) is 9.21. The second-order valence-electron chi connectivity index (χ2n) is 9.21. The van der Waals surface area contributed by atoms with E-state index in [9.17, 15) is 14.0 Å². The number of hydrogen-bond acceptors (Lipinski definition) is 4. The quantitative estimate of drug-likeness (QED) is 0.500. The summed E-state index contributed by atoms with van der Waals surface area (Å²) < 4.78 is 19.4. The van der Waals surface area contributed by atoms with Crippen LogP contribution in [0, 0.1) is 18.3 Å². The summed E-state index contributed by atoms with van der Waals surface area (Å²) in [5.41, 5.74) is 0.498. The van der Waals surface area contributed by atoms with Gasteiger partial charge in [0.05, 0.1) is 17.6 Å². The van der Waals surface area contributed by atoms with Gasteiger partial charge in [0.25, 0.3) is 11.5 Å². The van der Waals surface area contributed by atoms with Gasteiger partial charge in [0.15, 0.2) is 11.5 Å². The number of amides is 2. The first-order chi connectivity index (χ1) is 16.4. The number of benzene rings is 2. The number of carbonyl (C=O) groups is 2. The molecule has 1 aliphatic carbocycles. The van der Waals surface area contributed by atoms with E-state index in [-0.39, 0.29) is 24.2 Å². The molecule has 8 heteroatoms. The van der Waals surface area contributed by atoms with E-state index >= 15 is 0 Å². The predicted octanol–water partition coefficient (Wildman–Crippen LogP) is 5.64. The molecule has 34 heavy (non-hydrogen) atoms. The molecular formula is C26H25FN4O3. The molecule has 2 aromatic carbocycles. The van der Waals surface area contributed by atoms with Gasteiger partial charge >= 0.3 is 6.09 Å². The van der Waals surface area contributed by atoms with Crippen molar-refractivity contribution in [1.29, 1.82) is 0 Å². The summed E-state index contributed by atoms with van der Waals surface area (Å²) in [6.07, 6.45) is 4.59. The van der Waals surface area contributed by atoms with Gasteiger partial charge in [-0.15, -0.1) is 0 Å². The number of nitrogens with one attached hydrogen (secondary N) is 1. The third-order valence-electron chi connectivity index (χ3n) is 7.11. The topological polar surface area (TPSA) is 79.7 Å². The number of rotatable bonds is 5. The maximum absolute atomic E-state index is 14.0. The molecule has 0 bridgehead atoms. The van der Waals surface area contributed by atoms with E-state index in [1.165, 1.54) is 23.5 Å². The fraction of sp³-hybridized carbons (Fsp3) is 0.385. The zero-order chi connectivity index (χ0) is 23.9. The second kappa shape index (κ2) is 8.56. The van der Waals surface area contributed by atoms with Crippen LogP contribution in [0.4, 0.5) is 14.9 Å². The number of aromatic amines is 1. The summed E-state index contributed by atoms with van der Waals surface area (Å²) in [5, 5.41) is 0. The standard InChI is InChI=1S/C26H25FN4O3/c1-16(18-6-4-3-5-7-18)31-24(32)26(34-25(31)33,15-17-8-10-19(27)11-9-17)23-29-21-13-12-20(28-2)14-22(21)30-23/h8-14,16,18H,3-7,15H2,1H3,(H,29,30)/t16-,26-/m1/s1. The highest BCUT2D eigenvalue weighted by molar-refractivity contribution is 6.04. The molecular weight excluding hydrogens is 435 g/mol. The van der Waals surface area contributed by atoms with E-state index in [4.69, 9.17) is 11.3 Å². The van der Waals surface area contributed by atoms with E-state index in [1.54, 1.807) is 30.3 Å². The van der Waals surface area contributed by atoms with Crippen molar-refractivity contribution in [1.82, 2.24) is 14.9 Å². The molecule has 0 radical (unpaired) electrons. The van der Waals surface area contributed by atoms with Crippen LogP contribution in [-0.2, 0) is 21.6 Å². The molecule has 7 nitrogen and oxygen atoms in total. The first-order valence-corrected chi connectivity index (χ1v) is 11.6. The Hall–Kier alpha value is -3.73. The number of ether oxygens (including phenoxy) is 1. The lowest BCUT2D eigenvalue weighted by Gasteiger charge is -2.32. The Morgan fingerprint density at radius 3 is 2.65 bits per heavy atom. The van der Waals surface area contributed by atoms with Crippen molar-refractivity contribution in [2.75, 3.05) is 0 Å². The Morgan fingerprint density at radius 2 is 1.94 bits per heavy atom. The number of fused-ring (bicyclic) bond motifs is 1. The maximum Gasteiger partial charge on any atom is 0.418 e. The van der Waals surface area contributed by atoms with Crippen molar-refractivity contribution in [2.24, 2.45) is 5.92 Å². The summed E-state index contributed by atoms with van der Waals surface area (Å²) in [7, 11) is 0. The summed E-state index contributed by atoms with van der Waals surface area (Å²) >= 11 is 0. The molecule has 1 aliphatic heterocycles. The number of H-pyrrole nitrogens is 1. The Morgan fingerprint density at radius 1 is 1.21 bits per heavy atom. The highest BCUT2D eigenvalue weighted by atomic mass is 19.1. The molecule has 0 spiro atoms. The van der Waals surface area contributed by atoms with Gasteiger partial charge in [-0.05, 0) is 55.5 Å². The van der Waals surface area contributed by atoms with E-state index in [2.05, 4.69) is 14.8 Å². The van der Waals surface area contributed by atoms with E-state index in [0.717, 1.165) is 25.7 Å². The minimum atomic E-state index is -1.70. The number of nitrogens with zero attached hydrogens (tertiary/aromatic N) is 3. The molecule has 1 N–H and O–H groups in total. The highest BCUT2D eigenvalue weighted by Gasteiger charge is 2.59. The number of carbonyl (C=O) groups excluding carboxylic acids is 2. The maximum atomic E-state index is 14.0. The highest BCUT2D eigenvalue weighted by Crippen LogP contribution is 2.41. The van der Waals surface area contributed by atoms with Crippen LogP contribution >= 0.6 is 0 Å². The van der Waals surface area contributed by atoms with Crippen LogP contribution in [0.1, 0.15) is 50.4 Å². The number of cyclic esters (lactones) is 1. The van der Waals surface area contributed by atoms with Crippen LogP contribution in [0.25, 0.3) is 15.9 Å². The largest absolute Gasteiger partial charge is 0.424 e. The number of aromatic nitrogens is 2. The minimum absolute atomic E-state index is 0.0151. The number of imide groups is 1. The summed E-state index contributed by atoms with van der Waals surface area (Å²) in [6.45, 7) is 9.16. The Kier molecular flexibility index (Phi) is 5.56. The molecule has 2 aliphatic rings. The molecule has 3 aromatic rings. The van der Waals surface area contributed by atoms with Crippen molar-refractivity contribution in [3.05, 3.63) is 71.1 Å². The molecule has 174 valence electrons. The lowest BCUT2D eigenvalue weighted by Crippen LogP contribution is -2.47. The predicted molar refractivity (Wildman–Crippen MR) is 124 cm³/mol. The van der Waals surface area contributed by atoms with Crippen LogP contribution < -0.4 is 0 Å². The zero-order valence-corrected chi connectivity index (χ0v) is 18.9. The van der Waals surface area contributed by atoms with Crippen LogP contribution in [0.2, 0.25) is 0 Å². The van der Waals surface area contributed by atoms with Gasteiger partial charge in [-0.25, -0.2) is 23.9 Å². The fourth-order valence-corrected chi connectivity index (χ4v) is 5.19. The molecule has 1 saturated heterocycles. The van der Waals surface area contributed by atoms with E-state index in [1.807, 2.05) is 6.92 Å². The lowest BCUT2D eigenvalue weighted by molar-refractivity contribution is -0.140. The fourth-order valence-electron chi connectivity index (χ4n) is 5.19. The summed E-state index contributed by atoms with van der Waals surface area (Å²) in [6, 6.07) is 10.5. The van der Waals surface area contributed by atoms with Gasteiger partial charge in [-0.3, -0.25) is 4.79 Å². The van der Waals surface area contributed by atoms with Crippen molar-refractivity contribution in [2.45, 2.75) is 57.1 Å². The van der Waals surface area contributed by atoms with E-state index < -0.39 is 23.4 Å². The molecule has 2 fully saturated rings. The smallest absolute Gasteiger partial charge is 0.418 e. The van der Waals surface area contributed by atoms with E-state index in [0.29, 0.717) is 22.3 Å². The summed E-state index contributed by atoms with van der Waals surface area (Å²) in [4.78, 5) is 39.5. The van der Waals surface area contributed by atoms with Crippen LogP contribution in [0.5, 0.6) is 0 Å².